The summed E-state index contributed by atoms with van der Waals surface area (Å²) in [6, 6.07) is 16.7. The molecule has 5 heteroatoms. The van der Waals surface area contributed by atoms with E-state index in [1.165, 1.54) is 0 Å². The smallest absolute Gasteiger partial charge is 0.353 e. The predicted octanol–water partition coefficient (Wildman–Crippen LogP) is 2.68. The van der Waals surface area contributed by atoms with Gasteiger partial charge in [-0.05, 0) is 17.7 Å². The Morgan fingerprint density at radius 3 is 1.76 bits per heavy atom. The lowest BCUT2D eigenvalue weighted by molar-refractivity contribution is -0.134. The number of hydrogen-bond acceptors (Lipinski definition) is 3. The lowest BCUT2D eigenvalue weighted by Crippen LogP contribution is -2.17. The highest BCUT2D eigenvalue weighted by atomic mass is 16.4. The first-order chi connectivity index (χ1) is 10.1. The number of benzene rings is 2. The van der Waals surface area contributed by atoms with Gasteiger partial charge in [0.15, 0.2) is 0 Å². The van der Waals surface area contributed by atoms with Crippen LogP contribution in [0, 0.1) is 0 Å². The Bertz CT molecular complexity index is 678. The average Bonchev–Trinajstić information content (AvgIpc) is 2.48. The first kappa shape index (κ1) is 14.3. The summed E-state index contributed by atoms with van der Waals surface area (Å²) < 4.78 is 0. The number of aliphatic carboxylic acids is 2. The molecule has 2 rings (SSSR count). The topological polar surface area (TPSA) is 86.6 Å². The third-order valence-electron chi connectivity index (χ3n) is 2.78. The molecule has 0 aliphatic carbocycles. The maximum absolute atomic E-state index is 11.5. The lowest BCUT2D eigenvalue weighted by Gasteiger charge is -2.11. The van der Waals surface area contributed by atoms with Crippen LogP contribution in [-0.4, -0.2) is 22.2 Å². The van der Waals surface area contributed by atoms with Crippen molar-refractivity contribution in [3.05, 3.63) is 71.9 Å². The zero-order valence-electron chi connectivity index (χ0n) is 11.0. The molecule has 0 aliphatic rings. The van der Waals surface area contributed by atoms with Gasteiger partial charge in [0.05, 0.1) is 5.57 Å². The van der Waals surface area contributed by atoms with Gasteiger partial charge in [0.2, 0.25) is 0 Å². The maximum atomic E-state index is 11.5. The maximum Gasteiger partial charge on any atom is 0.353 e. The van der Waals surface area contributed by atoms with Gasteiger partial charge in [-0.15, -0.1) is 0 Å². The van der Waals surface area contributed by atoms with Crippen molar-refractivity contribution < 1.29 is 19.8 Å². The summed E-state index contributed by atoms with van der Waals surface area (Å²) in [6.07, 6.45) is 0. The summed E-state index contributed by atoms with van der Waals surface area (Å²) >= 11 is 0. The van der Waals surface area contributed by atoms with Crippen molar-refractivity contribution in [2.75, 3.05) is 5.32 Å². The third-order valence-corrected chi connectivity index (χ3v) is 2.78. The highest BCUT2D eigenvalue weighted by molar-refractivity contribution is 6.22. The van der Waals surface area contributed by atoms with Crippen molar-refractivity contribution in [2.24, 2.45) is 0 Å². The van der Waals surface area contributed by atoms with Gasteiger partial charge in [-0.1, -0.05) is 48.5 Å². The number of hydrogen-bond donors (Lipinski definition) is 3. The highest BCUT2D eigenvalue weighted by Crippen LogP contribution is 2.21. The quantitative estimate of drug-likeness (QED) is 0.734. The van der Waals surface area contributed by atoms with Crippen LogP contribution in [0.15, 0.2) is 66.4 Å². The first-order valence-electron chi connectivity index (χ1n) is 6.18. The zero-order valence-corrected chi connectivity index (χ0v) is 11.0. The van der Waals surface area contributed by atoms with Gasteiger partial charge in [0, 0.05) is 5.69 Å². The SMILES string of the molecule is O=C(O)C(Nc1ccccc1)=C(C(=O)O)c1ccccc1. The Labute approximate surface area is 121 Å². The summed E-state index contributed by atoms with van der Waals surface area (Å²) in [7, 11) is 0. The van der Waals surface area contributed by atoms with Crippen LogP contribution in [0.25, 0.3) is 5.57 Å². The summed E-state index contributed by atoms with van der Waals surface area (Å²) in [5.74, 6) is -2.64. The number of para-hydroxylation sites is 1. The van der Waals surface area contributed by atoms with Gasteiger partial charge in [-0.3, -0.25) is 0 Å². The molecule has 0 spiro atoms. The number of nitrogens with one attached hydrogen (secondary N) is 1. The second-order valence-electron chi connectivity index (χ2n) is 4.22. The number of carboxylic acid groups (broad SMARTS) is 2. The minimum atomic E-state index is -1.33. The molecule has 0 amide bonds. The van der Waals surface area contributed by atoms with E-state index in [1.54, 1.807) is 60.7 Å². The second kappa shape index (κ2) is 6.38. The van der Waals surface area contributed by atoms with Crippen molar-refractivity contribution >= 4 is 23.2 Å². The molecule has 3 N–H and O–H groups in total. The van der Waals surface area contributed by atoms with Gasteiger partial charge in [-0.25, -0.2) is 9.59 Å². The minimum absolute atomic E-state index is 0.285. The zero-order chi connectivity index (χ0) is 15.2. The van der Waals surface area contributed by atoms with Crippen LogP contribution >= 0.6 is 0 Å². The molecule has 5 nitrogen and oxygen atoms in total. The Hall–Kier alpha value is -3.08. The van der Waals surface area contributed by atoms with E-state index in [-0.39, 0.29) is 11.3 Å². The van der Waals surface area contributed by atoms with Crippen LogP contribution in [-0.2, 0) is 9.59 Å². The minimum Gasteiger partial charge on any atom is -0.478 e. The molecule has 0 fully saturated rings. The summed E-state index contributed by atoms with van der Waals surface area (Å²) in [5.41, 5.74) is 0.169. The summed E-state index contributed by atoms with van der Waals surface area (Å²) in [4.78, 5) is 22.9. The van der Waals surface area contributed by atoms with Crippen molar-refractivity contribution in [2.45, 2.75) is 0 Å². The predicted molar refractivity (Wildman–Crippen MR) is 78.7 cm³/mol. The Morgan fingerprint density at radius 2 is 1.29 bits per heavy atom. The van der Waals surface area contributed by atoms with Crippen molar-refractivity contribution in [1.29, 1.82) is 0 Å². The largest absolute Gasteiger partial charge is 0.478 e. The first-order valence-corrected chi connectivity index (χ1v) is 6.18. The molecule has 0 aromatic heterocycles. The molecule has 0 saturated heterocycles. The van der Waals surface area contributed by atoms with E-state index < -0.39 is 11.9 Å². The molecule has 0 heterocycles. The van der Waals surface area contributed by atoms with Gasteiger partial charge in [0.1, 0.15) is 5.70 Å². The van der Waals surface area contributed by atoms with E-state index in [2.05, 4.69) is 5.32 Å². The van der Waals surface area contributed by atoms with E-state index in [9.17, 15) is 19.8 Å². The van der Waals surface area contributed by atoms with E-state index >= 15 is 0 Å². The summed E-state index contributed by atoms with van der Waals surface area (Å²) in [5, 5.41) is 21.4. The Kier molecular flexibility index (Phi) is 4.36. The third kappa shape index (κ3) is 3.48. The van der Waals surface area contributed by atoms with Gasteiger partial charge >= 0.3 is 11.9 Å². The fraction of sp³-hybridized carbons (Fsp3) is 0. The lowest BCUT2D eigenvalue weighted by atomic mass is 10.0. The Balaban J connectivity index is 2.54. The molecule has 0 atom stereocenters. The molecule has 2 aromatic carbocycles. The van der Waals surface area contributed by atoms with Crippen LogP contribution in [0.3, 0.4) is 0 Å². The number of anilines is 1. The van der Waals surface area contributed by atoms with Gasteiger partial charge in [0.25, 0.3) is 0 Å². The number of rotatable bonds is 5. The van der Waals surface area contributed by atoms with E-state index in [0.29, 0.717) is 11.3 Å². The molecular formula is C16H13NO4. The molecule has 2 aromatic rings. The monoisotopic (exact) mass is 283 g/mol. The van der Waals surface area contributed by atoms with E-state index in [1.807, 2.05) is 0 Å². The molecular weight excluding hydrogens is 270 g/mol. The molecule has 0 radical (unpaired) electrons. The van der Waals surface area contributed by atoms with E-state index in [0.717, 1.165) is 0 Å². The van der Waals surface area contributed by atoms with E-state index in [4.69, 9.17) is 0 Å². The van der Waals surface area contributed by atoms with Crippen molar-refractivity contribution in [3.8, 4) is 0 Å². The van der Waals surface area contributed by atoms with Gasteiger partial charge < -0.3 is 15.5 Å². The molecule has 106 valence electrons. The van der Waals surface area contributed by atoms with Crippen LogP contribution in [0.1, 0.15) is 5.56 Å². The van der Waals surface area contributed by atoms with Crippen LogP contribution in [0.5, 0.6) is 0 Å². The summed E-state index contributed by atoms with van der Waals surface area (Å²) in [6.45, 7) is 0. The van der Waals surface area contributed by atoms with Crippen LogP contribution in [0.2, 0.25) is 0 Å². The molecule has 0 saturated carbocycles. The molecule has 21 heavy (non-hydrogen) atoms. The van der Waals surface area contributed by atoms with Crippen molar-refractivity contribution in [3.63, 3.8) is 0 Å². The van der Waals surface area contributed by atoms with Crippen molar-refractivity contribution in [1.82, 2.24) is 0 Å². The number of carboxylic acids is 2. The molecule has 0 aliphatic heterocycles. The fourth-order valence-electron chi connectivity index (χ4n) is 1.87. The average molecular weight is 283 g/mol. The Morgan fingerprint density at radius 1 is 0.762 bits per heavy atom. The highest BCUT2D eigenvalue weighted by Gasteiger charge is 2.22. The normalized spacial score (nSPS) is 11.4. The fourth-order valence-corrected chi connectivity index (χ4v) is 1.87. The molecule has 0 unspecified atom stereocenters. The second-order valence-corrected chi connectivity index (χ2v) is 4.22. The molecule has 0 bridgehead atoms. The standard InChI is InChI=1S/C16H13NO4/c18-15(19)13(11-7-3-1-4-8-11)14(16(20)21)17-12-9-5-2-6-10-12/h1-10,17H,(H,18,19)(H,20,21). The van der Waals surface area contributed by atoms with Gasteiger partial charge in [-0.2, -0.15) is 0 Å². The van der Waals surface area contributed by atoms with Crippen LogP contribution in [0.4, 0.5) is 5.69 Å². The number of carbonyl (C=O) groups is 2. The van der Waals surface area contributed by atoms with Crippen LogP contribution < -0.4 is 5.32 Å².